The largest absolute Gasteiger partial charge is 0.341 e. The lowest BCUT2D eigenvalue weighted by molar-refractivity contribution is -0.129. The second kappa shape index (κ2) is 7.08. The number of carbonyl (C=O) groups excluding carboxylic acids is 1. The van der Waals surface area contributed by atoms with E-state index in [1.54, 1.807) is 18.0 Å². The van der Waals surface area contributed by atoms with Crippen LogP contribution in [0.5, 0.6) is 0 Å². The van der Waals surface area contributed by atoms with Gasteiger partial charge in [0.2, 0.25) is 5.91 Å². The quantitative estimate of drug-likeness (QED) is 0.603. The van der Waals surface area contributed by atoms with E-state index in [2.05, 4.69) is 23.2 Å². The molecule has 0 saturated heterocycles. The zero-order valence-electron chi connectivity index (χ0n) is 15.1. The molecule has 0 atom stereocenters. The molecule has 134 valence electrons. The fraction of sp³-hybridized carbons (Fsp3) is 0.130. The molecule has 1 N–H and O–H groups in total. The molecule has 4 heteroatoms. The SMILES string of the molecule is CN(Cc1cccc2ccccc12)C(=O)Cc1cc2ccccc2[nH]c1=O. The van der Waals surface area contributed by atoms with Crippen LogP contribution in [0, 0.1) is 0 Å². The highest BCUT2D eigenvalue weighted by molar-refractivity contribution is 5.86. The van der Waals surface area contributed by atoms with Crippen molar-refractivity contribution in [2.24, 2.45) is 0 Å². The van der Waals surface area contributed by atoms with Gasteiger partial charge in [-0.3, -0.25) is 9.59 Å². The predicted molar refractivity (Wildman–Crippen MR) is 109 cm³/mol. The summed E-state index contributed by atoms with van der Waals surface area (Å²) in [5, 5.41) is 3.22. The molecular weight excluding hydrogens is 336 g/mol. The van der Waals surface area contributed by atoms with Gasteiger partial charge in [0, 0.05) is 24.7 Å². The molecule has 0 saturated carbocycles. The zero-order valence-corrected chi connectivity index (χ0v) is 15.1. The van der Waals surface area contributed by atoms with Crippen LogP contribution in [-0.2, 0) is 17.8 Å². The summed E-state index contributed by atoms with van der Waals surface area (Å²) in [7, 11) is 1.78. The summed E-state index contributed by atoms with van der Waals surface area (Å²) in [5.41, 5.74) is 2.16. The molecule has 4 nitrogen and oxygen atoms in total. The molecule has 0 spiro atoms. The van der Waals surface area contributed by atoms with Gasteiger partial charge in [0.15, 0.2) is 0 Å². The van der Waals surface area contributed by atoms with Gasteiger partial charge in [-0.25, -0.2) is 0 Å². The molecule has 0 aliphatic carbocycles. The number of pyridine rings is 1. The summed E-state index contributed by atoms with van der Waals surface area (Å²) in [6, 6.07) is 23.6. The van der Waals surface area contributed by atoms with E-state index in [1.807, 2.05) is 48.5 Å². The van der Waals surface area contributed by atoms with Crippen molar-refractivity contribution in [3.05, 3.63) is 94.3 Å². The van der Waals surface area contributed by atoms with E-state index in [0.717, 1.165) is 27.2 Å². The Morgan fingerprint density at radius 2 is 1.59 bits per heavy atom. The number of amides is 1. The van der Waals surface area contributed by atoms with Crippen molar-refractivity contribution in [3.8, 4) is 0 Å². The number of aromatic nitrogens is 1. The van der Waals surface area contributed by atoms with Crippen molar-refractivity contribution >= 4 is 27.6 Å². The Bertz CT molecular complexity index is 1190. The van der Waals surface area contributed by atoms with Crippen LogP contribution in [0.4, 0.5) is 0 Å². The second-order valence-electron chi connectivity index (χ2n) is 6.78. The second-order valence-corrected chi connectivity index (χ2v) is 6.78. The zero-order chi connectivity index (χ0) is 18.8. The van der Waals surface area contributed by atoms with E-state index in [4.69, 9.17) is 0 Å². The van der Waals surface area contributed by atoms with E-state index in [0.29, 0.717) is 12.1 Å². The minimum absolute atomic E-state index is 0.0799. The maximum absolute atomic E-state index is 12.7. The third kappa shape index (κ3) is 3.47. The molecule has 3 aromatic carbocycles. The van der Waals surface area contributed by atoms with Crippen molar-refractivity contribution in [3.63, 3.8) is 0 Å². The van der Waals surface area contributed by atoms with Gasteiger partial charge in [0.25, 0.3) is 5.56 Å². The number of benzene rings is 3. The monoisotopic (exact) mass is 356 g/mol. The highest BCUT2D eigenvalue weighted by atomic mass is 16.2. The normalized spacial score (nSPS) is 11.0. The maximum Gasteiger partial charge on any atom is 0.252 e. The van der Waals surface area contributed by atoms with Crippen LogP contribution in [-0.4, -0.2) is 22.8 Å². The molecule has 27 heavy (non-hydrogen) atoms. The fourth-order valence-corrected chi connectivity index (χ4v) is 3.40. The summed E-state index contributed by atoms with van der Waals surface area (Å²) < 4.78 is 0. The molecule has 0 fully saturated rings. The number of nitrogens with one attached hydrogen (secondary N) is 1. The first-order valence-corrected chi connectivity index (χ1v) is 8.93. The molecule has 0 aliphatic heterocycles. The van der Waals surface area contributed by atoms with E-state index in [9.17, 15) is 9.59 Å². The maximum atomic E-state index is 12.7. The molecule has 0 unspecified atom stereocenters. The molecular formula is C23H20N2O2. The molecule has 1 heterocycles. The van der Waals surface area contributed by atoms with Gasteiger partial charge in [-0.2, -0.15) is 0 Å². The molecule has 4 aromatic rings. The first-order valence-electron chi connectivity index (χ1n) is 8.93. The van der Waals surface area contributed by atoms with Crippen LogP contribution in [0.25, 0.3) is 21.7 Å². The topological polar surface area (TPSA) is 53.2 Å². The van der Waals surface area contributed by atoms with Crippen molar-refractivity contribution in [1.82, 2.24) is 9.88 Å². The number of para-hydroxylation sites is 1. The lowest BCUT2D eigenvalue weighted by Crippen LogP contribution is -2.29. The van der Waals surface area contributed by atoms with Crippen LogP contribution in [0.15, 0.2) is 77.6 Å². The minimum atomic E-state index is -0.208. The third-order valence-electron chi connectivity index (χ3n) is 4.89. The van der Waals surface area contributed by atoms with Crippen LogP contribution < -0.4 is 5.56 Å². The standard InChI is InChI=1S/C23H20N2O2/c1-25(15-18-10-6-9-16-7-2-4-11-20(16)18)22(26)14-19-13-17-8-3-5-12-21(17)24-23(19)27/h2-13H,14-15H2,1H3,(H,24,27). The number of H-pyrrole nitrogens is 1. The van der Waals surface area contributed by atoms with Crippen LogP contribution in [0.2, 0.25) is 0 Å². The Morgan fingerprint density at radius 1 is 0.889 bits per heavy atom. The van der Waals surface area contributed by atoms with E-state index in [1.165, 1.54) is 0 Å². The van der Waals surface area contributed by atoms with E-state index in [-0.39, 0.29) is 17.9 Å². The van der Waals surface area contributed by atoms with Crippen molar-refractivity contribution in [2.75, 3.05) is 7.05 Å². The number of hydrogen-bond donors (Lipinski definition) is 1. The Labute approximate surface area is 157 Å². The summed E-state index contributed by atoms with van der Waals surface area (Å²) in [4.78, 5) is 29.5. The summed E-state index contributed by atoms with van der Waals surface area (Å²) >= 11 is 0. The van der Waals surface area contributed by atoms with Crippen molar-refractivity contribution in [1.29, 1.82) is 0 Å². The lowest BCUT2D eigenvalue weighted by atomic mass is 10.0. The predicted octanol–water partition coefficient (Wildman–Crippen LogP) is 3.88. The van der Waals surface area contributed by atoms with Gasteiger partial charge in [-0.15, -0.1) is 0 Å². The van der Waals surface area contributed by atoms with Crippen molar-refractivity contribution < 1.29 is 4.79 Å². The van der Waals surface area contributed by atoms with Crippen LogP contribution in [0.3, 0.4) is 0 Å². The fourth-order valence-electron chi connectivity index (χ4n) is 3.40. The summed E-state index contributed by atoms with van der Waals surface area (Å²) in [6.07, 6.45) is 0.0848. The molecule has 1 amide bonds. The minimum Gasteiger partial charge on any atom is -0.341 e. The molecule has 0 radical (unpaired) electrons. The van der Waals surface area contributed by atoms with Gasteiger partial charge < -0.3 is 9.88 Å². The third-order valence-corrected chi connectivity index (χ3v) is 4.89. The van der Waals surface area contributed by atoms with Gasteiger partial charge in [0.05, 0.1) is 6.42 Å². The number of likely N-dealkylation sites (N-methyl/N-ethyl adjacent to an activating group) is 1. The highest BCUT2D eigenvalue weighted by Crippen LogP contribution is 2.20. The van der Waals surface area contributed by atoms with Crippen LogP contribution in [0.1, 0.15) is 11.1 Å². The van der Waals surface area contributed by atoms with Gasteiger partial charge in [0.1, 0.15) is 0 Å². The Hall–Kier alpha value is -3.40. The lowest BCUT2D eigenvalue weighted by Gasteiger charge is -2.18. The average Bonchev–Trinajstić information content (AvgIpc) is 2.68. The number of rotatable bonds is 4. The number of aromatic amines is 1. The first-order chi connectivity index (χ1) is 13.1. The van der Waals surface area contributed by atoms with Gasteiger partial charge in [-0.1, -0.05) is 60.7 Å². The number of fused-ring (bicyclic) bond motifs is 2. The number of hydrogen-bond acceptors (Lipinski definition) is 2. The van der Waals surface area contributed by atoms with E-state index >= 15 is 0 Å². The first kappa shape index (κ1) is 17.0. The molecule has 4 rings (SSSR count). The summed E-state index contributed by atoms with van der Waals surface area (Å²) in [5.74, 6) is -0.0799. The van der Waals surface area contributed by atoms with Gasteiger partial charge in [-0.05, 0) is 33.9 Å². The Balaban J connectivity index is 1.56. The van der Waals surface area contributed by atoms with Gasteiger partial charge >= 0.3 is 0 Å². The molecule has 1 aromatic heterocycles. The van der Waals surface area contributed by atoms with Crippen LogP contribution >= 0.6 is 0 Å². The molecule has 0 bridgehead atoms. The average molecular weight is 356 g/mol. The van der Waals surface area contributed by atoms with E-state index < -0.39 is 0 Å². The summed E-state index contributed by atoms with van der Waals surface area (Å²) in [6.45, 7) is 0.506. The number of nitrogens with zero attached hydrogens (tertiary/aromatic N) is 1. The van der Waals surface area contributed by atoms with Crippen molar-refractivity contribution in [2.45, 2.75) is 13.0 Å². The number of carbonyl (C=O) groups is 1. The highest BCUT2D eigenvalue weighted by Gasteiger charge is 2.14. The Morgan fingerprint density at radius 3 is 2.44 bits per heavy atom. The smallest absolute Gasteiger partial charge is 0.252 e. The molecule has 0 aliphatic rings. The Kier molecular flexibility index (Phi) is 4.47.